The van der Waals surface area contributed by atoms with Gasteiger partial charge in [0.25, 0.3) is 0 Å². The van der Waals surface area contributed by atoms with E-state index in [2.05, 4.69) is 0 Å². The Bertz CT molecular complexity index is 429. The van der Waals surface area contributed by atoms with E-state index in [9.17, 15) is 9.59 Å². The largest absolute Gasteiger partial charge is 0.481 e. The van der Waals surface area contributed by atoms with Crippen molar-refractivity contribution in [3.8, 4) is 12.1 Å². The molecule has 0 aromatic rings. The lowest BCUT2D eigenvalue weighted by Gasteiger charge is -2.15. The second-order valence-electron chi connectivity index (χ2n) is 3.92. The fraction of sp³-hybridized carbons (Fsp3) is 0.538. The predicted octanol–water partition coefficient (Wildman–Crippen LogP) is 1.93. The van der Waals surface area contributed by atoms with E-state index in [0.717, 1.165) is 25.3 Å². The Morgan fingerprint density at radius 1 is 1.37 bits per heavy atom. The number of unbranched alkanes of at least 4 members (excludes halogenated alkanes) is 2. The van der Waals surface area contributed by atoms with Gasteiger partial charge in [0.2, 0.25) is 0 Å². The predicted molar refractivity (Wildman–Crippen MR) is 65.6 cm³/mol. The van der Waals surface area contributed by atoms with Crippen LogP contribution in [0.1, 0.15) is 39.0 Å². The van der Waals surface area contributed by atoms with Crippen molar-refractivity contribution in [2.24, 2.45) is 0 Å². The number of allylic oxidation sites excluding steroid dienone is 1. The fourth-order valence-electron chi connectivity index (χ4n) is 1.44. The highest BCUT2D eigenvalue weighted by Gasteiger charge is 2.20. The maximum atomic E-state index is 11.5. The van der Waals surface area contributed by atoms with Crippen molar-refractivity contribution in [2.75, 3.05) is 0 Å². The molecule has 0 aromatic heterocycles. The molecule has 0 rings (SSSR count). The maximum Gasteiger partial charge on any atom is 0.349 e. The van der Waals surface area contributed by atoms with E-state index in [1.807, 2.05) is 6.92 Å². The molecule has 1 N–H and O–H groups in total. The number of aliphatic carboxylic acids is 1. The highest BCUT2D eigenvalue weighted by atomic mass is 16.5. The summed E-state index contributed by atoms with van der Waals surface area (Å²) in [4.78, 5) is 22.2. The molecule has 0 heterocycles. The number of rotatable bonds is 8. The van der Waals surface area contributed by atoms with Crippen molar-refractivity contribution in [1.82, 2.24) is 0 Å². The Balaban J connectivity index is 4.58. The van der Waals surface area contributed by atoms with E-state index in [-0.39, 0.29) is 6.42 Å². The summed E-state index contributed by atoms with van der Waals surface area (Å²) in [6.45, 7) is 2.00. The Morgan fingerprint density at radius 3 is 2.53 bits per heavy atom. The zero-order valence-corrected chi connectivity index (χ0v) is 10.8. The van der Waals surface area contributed by atoms with Crippen LogP contribution < -0.4 is 0 Å². The number of ether oxygens (including phenoxy) is 1. The van der Waals surface area contributed by atoms with E-state index in [1.165, 1.54) is 0 Å². The molecule has 0 bridgehead atoms. The Morgan fingerprint density at radius 2 is 2.05 bits per heavy atom. The van der Waals surface area contributed by atoms with Crippen molar-refractivity contribution < 1.29 is 19.4 Å². The number of nitrogens with zero attached hydrogens (tertiary/aromatic N) is 2. The molecule has 102 valence electrons. The number of carbonyl (C=O) groups is 2. The highest BCUT2D eigenvalue weighted by molar-refractivity contribution is 5.93. The zero-order valence-electron chi connectivity index (χ0n) is 10.8. The van der Waals surface area contributed by atoms with Crippen LogP contribution in [0.4, 0.5) is 0 Å². The smallest absolute Gasteiger partial charge is 0.349 e. The van der Waals surface area contributed by atoms with Gasteiger partial charge in [0.05, 0.1) is 12.5 Å². The van der Waals surface area contributed by atoms with Gasteiger partial charge in [-0.05, 0) is 12.8 Å². The number of carbonyl (C=O) groups excluding carboxylic acids is 1. The van der Waals surface area contributed by atoms with Gasteiger partial charge in [0, 0.05) is 6.08 Å². The van der Waals surface area contributed by atoms with Crippen LogP contribution >= 0.6 is 0 Å². The van der Waals surface area contributed by atoms with Gasteiger partial charge in [-0.1, -0.05) is 19.8 Å². The molecule has 0 aliphatic heterocycles. The fourth-order valence-corrected chi connectivity index (χ4v) is 1.44. The highest BCUT2D eigenvalue weighted by Crippen LogP contribution is 2.12. The number of hydrogen-bond acceptors (Lipinski definition) is 5. The van der Waals surface area contributed by atoms with Gasteiger partial charge in [-0.25, -0.2) is 4.79 Å². The van der Waals surface area contributed by atoms with E-state index < -0.39 is 23.6 Å². The molecule has 6 nitrogen and oxygen atoms in total. The van der Waals surface area contributed by atoms with E-state index >= 15 is 0 Å². The summed E-state index contributed by atoms with van der Waals surface area (Å²) >= 11 is 0. The summed E-state index contributed by atoms with van der Waals surface area (Å²) in [6.07, 6.45) is 2.75. The van der Waals surface area contributed by atoms with Crippen molar-refractivity contribution in [3.63, 3.8) is 0 Å². The molecular formula is C13H16N2O4. The molecule has 0 aliphatic carbocycles. The summed E-state index contributed by atoms with van der Waals surface area (Å²) in [5.74, 6) is -2.02. The topological polar surface area (TPSA) is 111 Å². The van der Waals surface area contributed by atoms with Crippen LogP contribution in [0.15, 0.2) is 11.6 Å². The van der Waals surface area contributed by atoms with Gasteiger partial charge in [0.15, 0.2) is 0 Å². The molecule has 0 amide bonds. The minimum atomic E-state index is -1.07. The average Bonchev–Trinajstić information content (AvgIpc) is 2.35. The molecular weight excluding hydrogens is 248 g/mol. The first-order valence-electron chi connectivity index (χ1n) is 5.97. The first-order valence-corrected chi connectivity index (χ1v) is 5.97. The third-order valence-corrected chi connectivity index (χ3v) is 2.35. The first kappa shape index (κ1) is 16.7. The van der Waals surface area contributed by atoms with Gasteiger partial charge >= 0.3 is 11.9 Å². The van der Waals surface area contributed by atoms with Crippen LogP contribution in [0.25, 0.3) is 0 Å². The van der Waals surface area contributed by atoms with Gasteiger partial charge in [0.1, 0.15) is 17.7 Å². The summed E-state index contributed by atoms with van der Waals surface area (Å²) in [6, 6.07) is 3.11. The molecule has 0 radical (unpaired) electrons. The molecule has 19 heavy (non-hydrogen) atoms. The molecule has 0 spiro atoms. The summed E-state index contributed by atoms with van der Waals surface area (Å²) in [5, 5.41) is 25.8. The molecule has 0 fully saturated rings. The number of carboxylic acids is 1. The SMILES string of the molecule is CCCCCC(CC(=O)O)OC(=O)C(C#N)=CC#N. The lowest BCUT2D eigenvalue weighted by atomic mass is 10.1. The quantitative estimate of drug-likeness (QED) is 0.310. The van der Waals surface area contributed by atoms with Crippen molar-refractivity contribution in [2.45, 2.75) is 45.1 Å². The Labute approximate surface area is 111 Å². The number of esters is 1. The summed E-state index contributed by atoms with van der Waals surface area (Å²) in [7, 11) is 0. The van der Waals surface area contributed by atoms with Crippen LogP contribution in [0.3, 0.4) is 0 Å². The molecule has 0 saturated carbocycles. The maximum absolute atomic E-state index is 11.5. The lowest BCUT2D eigenvalue weighted by molar-refractivity contribution is -0.149. The molecule has 0 aromatic carbocycles. The van der Waals surface area contributed by atoms with E-state index in [4.69, 9.17) is 20.4 Å². The average molecular weight is 264 g/mol. The summed E-state index contributed by atoms with van der Waals surface area (Å²) in [5.41, 5.74) is -0.423. The summed E-state index contributed by atoms with van der Waals surface area (Å²) < 4.78 is 4.95. The van der Waals surface area contributed by atoms with Crippen LogP contribution in [0, 0.1) is 22.7 Å². The van der Waals surface area contributed by atoms with Gasteiger partial charge in [-0.3, -0.25) is 4.79 Å². The first-order chi connectivity index (χ1) is 9.04. The van der Waals surface area contributed by atoms with Crippen molar-refractivity contribution in [1.29, 1.82) is 10.5 Å². The number of nitriles is 2. The van der Waals surface area contributed by atoms with Gasteiger partial charge in [-0.2, -0.15) is 10.5 Å². The minimum Gasteiger partial charge on any atom is -0.481 e. The van der Waals surface area contributed by atoms with Crippen molar-refractivity contribution >= 4 is 11.9 Å². The third kappa shape index (κ3) is 7.56. The van der Waals surface area contributed by atoms with Gasteiger partial charge in [-0.15, -0.1) is 0 Å². The lowest BCUT2D eigenvalue weighted by Crippen LogP contribution is -2.22. The van der Waals surface area contributed by atoms with Crippen molar-refractivity contribution in [3.05, 3.63) is 11.6 Å². The number of hydrogen-bond donors (Lipinski definition) is 1. The van der Waals surface area contributed by atoms with Crippen LogP contribution in [-0.2, 0) is 14.3 Å². The third-order valence-electron chi connectivity index (χ3n) is 2.35. The second-order valence-corrected chi connectivity index (χ2v) is 3.92. The standard InChI is InChI=1S/C13H16N2O4/c1-2-3-4-5-11(8-12(16)17)19-13(18)10(9-15)6-7-14/h6,11H,2-5,8H2,1H3,(H,16,17). The zero-order chi connectivity index (χ0) is 14.7. The van der Waals surface area contributed by atoms with Crippen LogP contribution in [-0.4, -0.2) is 23.1 Å². The van der Waals surface area contributed by atoms with Crippen LogP contribution in [0.5, 0.6) is 0 Å². The van der Waals surface area contributed by atoms with E-state index in [0.29, 0.717) is 6.42 Å². The minimum absolute atomic E-state index is 0.305. The molecule has 0 saturated heterocycles. The number of carboxylic acid groups (broad SMARTS) is 1. The molecule has 1 unspecified atom stereocenters. The monoisotopic (exact) mass is 264 g/mol. The van der Waals surface area contributed by atoms with Gasteiger partial charge < -0.3 is 9.84 Å². The van der Waals surface area contributed by atoms with E-state index in [1.54, 1.807) is 12.1 Å². The Hall–Kier alpha value is -2.34. The Kier molecular flexibility index (Phi) is 8.48. The normalized spacial score (nSPS) is 12.1. The molecule has 1 atom stereocenters. The second kappa shape index (κ2) is 9.67. The molecule has 0 aliphatic rings. The molecule has 6 heteroatoms. The van der Waals surface area contributed by atoms with Crippen LogP contribution in [0.2, 0.25) is 0 Å².